The molecule has 0 aromatic heterocycles. The third kappa shape index (κ3) is 1.59. The van der Waals surface area contributed by atoms with Gasteiger partial charge in [0.2, 0.25) is 0 Å². The molecule has 2 aliphatic carbocycles. The van der Waals surface area contributed by atoms with Gasteiger partial charge in [0, 0.05) is 0 Å². The summed E-state index contributed by atoms with van der Waals surface area (Å²) in [6.07, 6.45) is 8.97. The highest BCUT2D eigenvalue weighted by molar-refractivity contribution is 5.85. The first-order valence-corrected chi connectivity index (χ1v) is 7.05. The number of allylic oxidation sites excluding steroid dienone is 2. The minimum absolute atomic E-state index is 0.856. The second-order valence-corrected chi connectivity index (χ2v) is 5.88. The summed E-state index contributed by atoms with van der Waals surface area (Å²) in [4.78, 5) is 0. The standard InChI is InChI=1S/C18H18/c1-2-7-18-14(4-1)5-3-6-16(18)12-17-11-13-8-9-15(17)10-13/h1-9,13,15,17H,10-12H2. The van der Waals surface area contributed by atoms with E-state index in [1.165, 1.54) is 30.0 Å². The van der Waals surface area contributed by atoms with Crippen molar-refractivity contribution in [1.29, 1.82) is 0 Å². The predicted molar refractivity (Wildman–Crippen MR) is 76.5 cm³/mol. The van der Waals surface area contributed by atoms with Gasteiger partial charge in [-0.05, 0) is 53.4 Å². The molecule has 0 saturated heterocycles. The van der Waals surface area contributed by atoms with Crippen molar-refractivity contribution < 1.29 is 0 Å². The fourth-order valence-corrected chi connectivity index (χ4v) is 3.88. The summed E-state index contributed by atoms with van der Waals surface area (Å²) in [6.45, 7) is 0. The summed E-state index contributed by atoms with van der Waals surface area (Å²) >= 11 is 0. The van der Waals surface area contributed by atoms with Crippen LogP contribution in [0.1, 0.15) is 18.4 Å². The van der Waals surface area contributed by atoms with Crippen LogP contribution in [0.2, 0.25) is 0 Å². The third-order valence-corrected chi connectivity index (χ3v) is 4.78. The quantitative estimate of drug-likeness (QED) is 0.666. The normalized spacial score (nSPS) is 29.2. The van der Waals surface area contributed by atoms with Crippen molar-refractivity contribution in [2.75, 3.05) is 0 Å². The highest BCUT2D eigenvalue weighted by Crippen LogP contribution is 2.45. The summed E-state index contributed by atoms with van der Waals surface area (Å²) in [5.41, 5.74) is 1.54. The van der Waals surface area contributed by atoms with Gasteiger partial charge in [0.05, 0.1) is 0 Å². The summed E-state index contributed by atoms with van der Waals surface area (Å²) in [5, 5.41) is 2.83. The van der Waals surface area contributed by atoms with Gasteiger partial charge in [0.15, 0.2) is 0 Å². The van der Waals surface area contributed by atoms with E-state index in [1.807, 2.05) is 0 Å². The average molecular weight is 234 g/mol. The van der Waals surface area contributed by atoms with Crippen LogP contribution in [-0.4, -0.2) is 0 Å². The van der Waals surface area contributed by atoms with E-state index < -0.39 is 0 Å². The largest absolute Gasteiger partial charge is 0.0851 e. The first-order chi connectivity index (χ1) is 8.90. The Morgan fingerprint density at radius 1 is 0.889 bits per heavy atom. The monoisotopic (exact) mass is 234 g/mol. The smallest absolute Gasteiger partial charge is 0.0152 e. The molecule has 0 spiro atoms. The van der Waals surface area contributed by atoms with Crippen LogP contribution in [0.3, 0.4) is 0 Å². The SMILES string of the molecule is C1=CC2CC1CC2Cc1cccc2ccccc12. The molecule has 0 radical (unpaired) electrons. The lowest BCUT2D eigenvalue weighted by Gasteiger charge is -2.19. The molecule has 3 unspecified atom stereocenters. The molecule has 1 saturated carbocycles. The second kappa shape index (κ2) is 3.98. The Balaban J connectivity index is 1.69. The average Bonchev–Trinajstić information content (AvgIpc) is 3.01. The molecule has 2 bridgehead atoms. The molecule has 0 nitrogen and oxygen atoms in total. The van der Waals surface area contributed by atoms with E-state index in [2.05, 4.69) is 54.6 Å². The van der Waals surface area contributed by atoms with Gasteiger partial charge in [-0.2, -0.15) is 0 Å². The van der Waals surface area contributed by atoms with Crippen LogP contribution < -0.4 is 0 Å². The Hall–Kier alpha value is -1.56. The number of fused-ring (bicyclic) bond motifs is 3. The van der Waals surface area contributed by atoms with E-state index in [9.17, 15) is 0 Å². The second-order valence-electron chi connectivity index (χ2n) is 5.88. The maximum Gasteiger partial charge on any atom is -0.0152 e. The van der Waals surface area contributed by atoms with Gasteiger partial charge in [-0.3, -0.25) is 0 Å². The zero-order chi connectivity index (χ0) is 11.9. The predicted octanol–water partition coefficient (Wildman–Crippen LogP) is 4.59. The summed E-state index contributed by atoms with van der Waals surface area (Å²) in [6, 6.07) is 15.5. The van der Waals surface area contributed by atoms with Crippen molar-refractivity contribution in [1.82, 2.24) is 0 Å². The lowest BCUT2D eigenvalue weighted by molar-refractivity contribution is 0.447. The van der Waals surface area contributed by atoms with Crippen molar-refractivity contribution in [2.24, 2.45) is 17.8 Å². The Morgan fingerprint density at radius 3 is 2.61 bits per heavy atom. The van der Waals surface area contributed by atoms with Crippen molar-refractivity contribution >= 4 is 10.8 Å². The van der Waals surface area contributed by atoms with Gasteiger partial charge >= 0.3 is 0 Å². The Labute approximate surface area is 108 Å². The van der Waals surface area contributed by atoms with Gasteiger partial charge in [-0.1, -0.05) is 54.6 Å². The van der Waals surface area contributed by atoms with Crippen LogP contribution in [0.15, 0.2) is 54.6 Å². The summed E-state index contributed by atoms with van der Waals surface area (Å²) in [5.74, 6) is 2.62. The van der Waals surface area contributed by atoms with Gasteiger partial charge in [-0.15, -0.1) is 0 Å². The van der Waals surface area contributed by atoms with Crippen molar-refractivity contribution in [3.63, 3.8) is 0 Å². The molecule has 3 atom stereocenters. The molecular weight excluding hydrogens is 216 g/mol. The van der Waals surface area contributed by atoms with E-state index >= 15 is 0 Å². The molecule has 18 heavy (non-hydrogen) atoms. The van der Waals surface area contributed by atoms with Crippen LogP contribution in [0.25, 0.3) is 10.8 Å². The van der Waals surface area contributed by atoms with E-state index in [0.29, 0.717) is 0 Å². The van der Waals surface area contributed by atoms with Crippen LogP contribution in [0, 0.1) is 17.8 Å². The molecule has 0 heterocycles. The minimum Gasteiger partial charge on any atom is -0.0851 e. The fourth-order valence-electron chi connectivity index (χ4n) is 3.88. The zero-order valence-corrected chi connectivity index (χ0v) is 10.5. The first-order valence-electron chi connectivity index (χ1n) is 7.05. The number of hydrogen-bond donors (Lipinski definition) is 0. The highest BCUT2D eigenvalue weighted by Gasteiger charge is 2.35. The molecule has 0 amide bonds. The van der Waals surface area contributed by atoms with E-state index in [0.717, 1.165) is 17.8 Å². The van der Waals surface area contributed by atoms with Crippen LogP contribution in [-0.2, 0) is 6.42 Å². The van der Waals surface area contributed by atoms with Gasteiger partial charge in [0.25, 0.3) is 0 Å². The highest BCUT2D eigenvalue weighted by atomic mass is 14.4. The molecule has 2 aliphatic rings. The zero-order valence-electron chi connectivity index (χ0n) is 10.5. The maximum absolute atomic E-state index is 2.46. The van der Waals surface area contributed by atoms with Crippen LogP contribution in [0.5, 0.6) is 0 Å². The Morgan fingerprint density at radius 2 is 1.78 bits per heavy atom. The molecule has 0 heteroatoms. The van der Waals surface area contributed by atoms with E-state index in [1.54, 1.807) is 5.56 Å². The first kappa shape index (κ1) is 10.4. The molecule has 1 fully saturated rings. The van der Waals surface area contributed by atoms with E-state index in [4.69, 9.17) is 0 Å². The topological polar surface area (TPSA) is 0 Å². The lowest BCUT2D eigenvalue weighted by Crippen LogP contribution is -2.10. The molecular formula is C18H18. The molecule has 2 aromatic rings. The molecule has 2 aromatic carbocycles. The van der Waals surface area contributed by atoms with Crippen molar-refractivity contribution in [3.05, 3.63) is 60.2 Å². The Kier molecular flexibility index (Phi) is 2.29. The van der Waals surface area contributed by atoms with Gasteiger partial charge in [0.1, 0.15) is 0 Å². The van der Waals surface area contributed by atoms with E-state index in [-0.39, 0.29) is 0 Å². The lowest BCUT2D eigenvalue weighted by atomic mass is 9.86. The molecule has 0 aliphatic heterocycles. The third-order valence-electron chi connectivity index (χ3n) is 4.78. The summed E-state index contributed by atoms with van der Waals surface area (Å²) < 4.78 is 0. The summed E-state index contributed by atoms with van der Waals surface area (Å²) in [7, 11) is 0. The fraction of sp³-hybridized carbons (Fsp3) is 0.333. The number of benzene rings is 2. The Bertz CT molecular complexity index is 603. The van der Waals surface area contributed by atoms with Crippen molar-refractivity contribution in [2.45, 2.75) is 19.3 Å². The van der Waals surface area contributed by atoms with Crippen molar-refractivity contribution in [3.8, 4) is 0 Å². The van der Waals surface area contributed by atoms with Crippen LogP contribution >= 0.6 is 0 Å². The number of rotatable bonds is 2. The molecule has 4 rings (SSSR count). The van der Waals surface area contributed by atoms with Crippen LogP contribution in [0.4, 0.5) is 0 Å². The number of hydrogen-bond acceptors (Lipinski definition) is 0. The molecule has 0 N–H and O–H groups in total. The maximum atomic E-state index is 2.46. The van der Waals surface area contributed by atoms with Gasteiger partial charge < -0.3 is 0 Å². The van der Waals surface area contributed by atoms with Gasteiger partial charge in [-0.25, -0.2) is 0 Å². The molecule has 90 valence electrons. The minimum atomic E-state index is 0.856.